The number of para-hydroxylation sites is 1. The van der Waals surface area contributed by atoms with E-state index in [1.165, 1.54) is 0 Å². The van der Waals surface area contributed by atoms with Gasteiger partial charge in [0, 0.05) is 48.6 Å². The Balaban J connectivity index is 1.46. The minimum atomic E-state index is -0.203. The second-order valence-corrected chi connectivity index (χ2v) is 9.76. The van der Waals surface area contributed by atoms with Gasteiger partial charge < -0.3 is 19.7 Å². The summed E-state index contributed by atoms with van der Waals surface area (Å²) >= 11 is 12.9. The second-order valence-electron chi connectivity index (χ2n) is 8.98. The van der Waals surface area contributed by atoms with Gasteiger partial charge in [0.1, 0.15) is 11.3 Å². The molecule has 1 atom stereocenters. The molecular formula is C28H24Cl2N4O3. The predicted octanol–water partition coefficient (Wildman–Crippen LogP) is 5.69. The molecule has 1 fully saturated rings. The fourth-order valence-corrected chi connectivity index (χ4v) is 5.41. The van der Waals surface area contributed by atoms with Crippen molar-refractivity contribution in [3.05, 3.63) is 82.1 Å². The summed E-state index contributed by atoms with van der Waals surface area (Å²) in [5, 5.41) is 4.13. The number of anilines is 1. The number of nitrogens with zero attached hydrogens (tertiary/aromatic N) is 3. The third kappa shape index (κ3) is 4.48. The van der Waals surface area contributed by atoms with Crippen LogP contribution in [0.15, 0.2) is 60.9 Å². The first-order valence-corrected chi connectivity index (χ1v) is 12.9. The highest BCUT2D eigenvalue weighted by Gasteiger charge is 2.28. The number of morpholine rings is 1. The predicted molar refractivity (Wildman–Crippen MR) is 145 cm³/mol. The summed E-state index contributed by atoms with van der Waals surface area (Å²) in [6.45, 7) is 2.96. The molecule has 4 heterocycles. The third-order valence-corrected chi connectivity index (χ3v) is 7.62. The zero-order valence-electron chi connectivity index (χ0n) is 19.9. The van der Waals surface area contributed by atoms with Gasteiger partial charge in [-0.2, -0.15) is 0 Å². The smallest absolute Gasteiger partial charge is 0.255 e. The van der Waals surface area contributed by atoms with Crippen molar-refractivity contribution in [1.29, 1.82) is 0 Å². The topological polar surface area (TPSA) is 76.6 Å². The lowest BCUT2D eigenvalue weighted by atomic mass is 9.99. The molecule has 0 unspecified atom stereocenters. The van der Waals surface area contributed by atoms with Gasteiger partial charge in [-0.15, -0.1) is 0 Å². The van der Waals surface area contributed by atoms with E-state index in [0.717, 1.165) is 28.1 Å². The molecule has 0 spiro atoms. The Labute approximate surface area is 224 Å². The molecule has 2 aliphatic rings. The van der Waals surface area contributed by atoms with Crippen LogP contribution in [0.3, 0.4) is 0 Å². The first kappa shape index (κ1) is 24.0. The van der Waals surface area contributed by atoms with E-state index in [-0.39, 0.29) is 11.9 Å². The molecule has 6 rings (SSSR count). The van der Waals surface area contributed by atoms with E-state index >= 15 is 0 Å². The molecule has 1 saturated heterocycles. The Kier molecular flexibility index (Phi) is 6.59. The van der Waals surface area contributed by atoms with Crippen LogP contribution >= 0.6 is 23.2 Å². The van der Waals surface area contributed by atoms with Gasteiger partial charge in [0.2, 0.25) is 0 Å². The zero-order valence-corrected chi connectivity index (χ0v) is 21.4. The third-order valence-electron chi connectivity index (χ3n) is 6.80. The van der Waals surface area contributed by atoms with Gasteiger partial charge in [0.05, 0.1) is 52.7 Å². The van der Waals surface area contributed by atoms with Crippen molar-refractivity contribution in [2.75, 3.05) is 37.8 Å². The van der Waals surface area contributed by atoms with Gasteiger partial charge in [-0.3, -0.25) is 14.8 Å². The number of hydrogen-bond donors (Lipinski definition) is 1. The summed E-state index contributed by atoms with van der Waals surface area (Å²) < 4.78 is 11.4. The number of amides is 1. The SMILES string of the molecule is O=C(N[C@H]1CCOc2ccccc21)c1cnc2c(-c3cccc(Cl)c3Cl)ccnc2c1N1CCOCC1. The maximum atomic E-state index is 13.8. The van der Waals surface area contributed by atoms with Gasteiger partial charge in [-0.25, -0.2) is 0 Å². The van der Waals surface area contributed by atoms with E-state index in [2.05, 4.69) is 10.2 Å². The molecule has 0 radical (unpaired) electrons. The molecule has 0 saturated carbocycles. The van der Waals surface area contributed by atoms with Crippen LogP contribution in [0.5, 0.6) is 5.75 Å². The second kappa shape index (κ2) is 10.2. The van der Waals surface area contributed by atoms with Crippen molar-refractivity contribution < 1.29 is 14.3 Å². The van der Waals surface area contributed by atoms with Crippen LogP contribution in [-0.4, -0.2) is 48.8 Å². The number of benzene rings is 2. The number of aromatic nitrogens is 2. The van der Waals surface area contributed by atoms with E-state index in [9.17, 15) is 4.79 Å². The van der Waals surface area contributed by atoms with Crippen LogP contribution in [0.2, 0.25) is 10.0 Å². The summed E-state index contributed by atoms with van der Waals surface area (Å²) in [5.74, 6) is 0.597. The van der Waals surface area contributed by atoms with E-state index in [0.29, 0.717) is 66.0 Å². The van der Waals surface area contributed by atoms with Gasteiger partial charge in [0.15, 0.2) is 0 Å². The summed E-state index contributed by atoms with van der Waals surface area (Å²) in [4.78, 5) is 25.4. The lowest BCUT2D eigenvalue weighted by Gasteiger charge is -2.32. The normalized spacial score (nSPS) is 17.2. The van der Waals surface area contributed by atoms with Crippen molar-refractivity contribution in [2.24, 2.45) is 0 Å². The average Bonchev–Trinajstić information content (AvgIpc) is 2.94. The van der Waals surface area contributed by atoms with Crippen LogP contribution in [0, 0.1) is 0 Å². The maximum Gasteiger partial charge on any atom is 0.255 e. The molecule has 2 aliphatic heterocycles. The van der Waals surface area contributed by atoms with Crippen LogP contribution in [-0.2, 0) is 4.74 Å². The monoisotopic (exact) mass is 534 g/mol. The molecule has 9 heteroatoms. The highest BCUT2D eigenvalue weighted by molar-refractivity contribution is 6.44. The van der Waals surface area contributed by atoms with E-state index in [4.69, 9.17) is 42.6 Å². The maximum absolute atomic E-state index is 13.8. The average molecular weight is 535 g/mol. The first-order valence-electron chi connectivity index (χ1n) is 12.2. The van der Waals surface area contributed by atoms with E-state index < -0.39 is 0 Å². The summed E-state index contributed by atoms with van der Waals surface area (Å²) in [6.07, 6.45) is 4.04. The Hall–Kier alpha value is -3.39. The number of pyridine rings is 2. The molecule has 37 heavy (non-hydrogen) atoms. The minimum absolute atomic E-state index is 0.157. The number of fused-ring (bicyclic) bond motifs is 2. The minimum Gasteiger partial charge on any atom is -0.493 e. The Morgan fingerprint density at radius 3 is 2.65 bits per heavy atom. The molecule has 1 N–H and O–H groups in total. The van der Waals surface area contributed by atoms with Crippen LogP contribution in [0.25, 0.3) is 22.2 Å². The van der Waals surface area contributed by atoms with Crippen molar-refractivity contribution in [2.45, 2.75) is 12.5 Å². The van der Waals surface area contributed by atoms with Gasteiger partial charge in [-0.05, 0) is 18.2 Å². The van der Waals surface area contributed by atoms with Crippen molar-refractivity contribution in [1.82, 2.24) is 15.3 Å². The van der Waals surface area contributed by atoms with E-state index in [1.807, 2.05) is 42.5 Å². The van der Waals surface area contributed by atoms with Crippen molar-refractivity contribution in [3.63, 3.8) is 0 Å². The molecule has 0 aliphatic carbocycles. The quantitative estimate of drug-likeness (QED) is 0.362. The number of ether oxygens (including phenoxy) is 2. The van der Waals surface area contributed by atoms with Gasteiger partial charge in [0.25, 0.3) is 5.91 Å². The van der Waals surface area contributed by atoms with Crippen LogP contribution in [0.1, 0.15) is 28.4 Å². The zero-order chi connectivity index (χ0) is 25.4. The molecule has 2 aromatic carbocycles. The molecular weight excluding hydrogens is 511 g/mol. The van der Waals surface area contributed by atoms with Gasteiger partial charge >= 0.3 is 0 Å². The molecule has 2 aromatic heterocycles. The molecule has 1 amide bonds. The van der Waals surface area contributed by atoms with Crippen LogP contribution < -0.4 is 15.0 Å². The number of carbonyl (C=O) groups is 1. The summed E-state index contributed by atoms with van der Waals surface area (Å²) in [7, 11) is 0. The molecule has 7 nitrogen and oxygen atoms in total. The number of rotatable bonds is 4. The number of hydrogen-bond acceptors (Lipinski definition) is 6. The number of nitrogens with one attached hydrogen (secondary N) is 1. The molecule has 4 aromatic rings. The highest BCUT2D eigenvalue weighted by atomic mass is 35.5. The van der Waals surface area contributed by atoms with Crippen molar-refractivity contribution >= 4 is 45.8 Å². The summed E-state index contributed by atoms with van der Waals surface area (Å²) in [5.41, 5.74) is 5.04. The van der Waals surface area contributed by atoms with Crippen LogP contribution in [0.4, 0.5) is 5.69 Å². The Morgan fingerprint density at radius 2 is 1.78 bits per heavy atom. The highest BCUT2D eigenvalue weighted by Crippen LogP contribution is 2.39. The number of halogens is 2. The molecule has 188 valence electrons. The summed E-state index contributed by atoms with van der Waals surface area (Å²) in [6, 6.07) is 15.0. The Morgan fingerprint density at radius 1 is 0.946 bits per heavy atom. The lowest BCUT2D eigenvalue weighted by molar-refractivity contribution is 0.0923. The fraction of sp³-hybridized carbons (Fsp3) is 0.250. The lowest BCUT2D eigenvalue weighted by Crippen LogP contribution is -2.39. The fourth-order valence-electron chi connectivity index (χ4n) is 5.01. The standard InChI is InChI=1S/C28H24Cl2N4O3/c29-21-6-3-5-17(24(21)30)18-8-10-31-26-25(18)32-16-20(27(26)34-11-14-36-15-12-34)28(35)33-22-9-13-37-23-7-2-1-4-19(22)23/h1-8,10,16,22H,9,11-15H2,(H,33,35)/t22-/m0/s1. The number of carbonyl (C=O) groups excluding carboxylic acids is 1. The first-order chi connectivity index (χ1) is 18.1. The van der Waals surface area contributed by atoms with E-state index in [1.54, 1.807) is 18.5 Å². The largest absolute Gasteiger partial charge is 0.493 e. The molecule has 0 bridgehead atoms. The van der Waals surface area contributed by atoms with Gasteiger partial charge in [-0.1, -0.05) is 53.5 Å². The Bertz CT molecular complexity index is 1490. The van der Waals surface area contributed by atoms with Crippen molar-refractivity contribution in [3.8, 4) is 16.9 Å².